The second kappa shape index (κ2) is 5.61. The van der Waals surface area contributed by atoms with Gasteiger partial charge in [-0.15, -0.1) is 0 Å². The summed E-state index contributed by atoms with van der Waals surface area (Å²) in [6.45, 7) is 2.56. The molecule has 1 aromatic rings. The number of hydrogen-bond acceptors (Lipinski definition) is 3. The van der Waals surface area contributed by atoms with Gasteiger partial charge in [0.05, 0.1) is 18.1 Å². The van der Waals surface area contributed by atoms with E-state index in [0.717, 1.165) is 17.7 Å². The number of hydrogen-bond donors (Lipinski definition) is 0. The largest absolute Gasteiger partial charge is 0.494 e. The molecule has 0 aliphatic carbocycles. The number of halogens is 1. The number of alkyl halides is 1. The normalized spacial score (nSPS) is 23.8. The van der Waals surface area contributed by atoms with Crippen LogP contribution in [-0.4, -0.2) is 26.5 Å². The van der Waals surface area contributed by atoms with Crippen molar-refractivity contribution in [1.29, 1.82) is 0 Å². The summed E-state index contributed by atoms with van der Waals surface area (Å²) in [5, 5.41) is 0. The Kier molecular flexibility index (Phi) is 4.33. The Balaban J connectivity index is 2.21. The van der Waals surface area contributed by atoms with E-state index in [1.54, 1.807) is 0 Å². The van der Waals surface area contributed by atoms with E-state index in [1.807, 2.05) is 31.2 Å². The summed E-state index contributed by atoms with van der Waals surface area (Å²) in [4.78, 5) is 0.0394. The van der Waals surface area contributed by atoms with Gasteiger partial charge >= 0.3 is 0 Å². The van der Waals surface area contributed by atoms with Gasteiger partial charge in [-0.1, -0.05) is 34.1 Å². The van der Waals surface area contributed by atoms with Crippen molar-refractivity contribution < 1.29 is 13.2 Å². The minimum atomic E-state index is -2.84. The lowest BCUT2D eigenvalue weighted by Crippen LogP contribution is -2.11. The number of rotatable bonds is 4. The first-order valence-electron chi connectivity index (χ1n) is 6.09. The smallest absolute Gasteiger partial charge is 0.150 e. The second-order valence-corrected chi connectivity index (χ2v) is 7.75. The van der Waals surface area contributed by atoms with Crippen LogP contribution in [0.2, 0.25) is 0 Å². The zero-order valence-corrected chi connectivity index (χ0v) is 12.7. The van der Waals surface area contributed by atoms with E-state index < -0.39 is 9.84 Å². The van der Waals surface area contributed by atoms with Gasteiger partial charge in [-0.25, -0.2) is 8.42 Å². The van der Waals surface area contributed by atoms with Crippen LogP contribution < -0.4 is 4.74 Å². The van der Waals surface area contributed by atoms with Crippen molar-refractivity contribution in [1.82, 2.24) is 0 Å². The molecule has 1 fully saturated rings. The molecule has 2 atom stereocenters. The van der Waals surface area contributed by atoms with Gasteiger partial charge in [0, 0.05) is 10.4 Å². The maximum absolute atomic E-state index is 11.5. The first kappa shape index (κ1) is 13.9. The third-order valence-corrected chi connectivity index (χ3v) is 6.23. The van der Waals surface area contributed by atoms with Crippen LogP contribution in [0, 0.1) is 5.92 Å². The molecule has 0 aromatic heterocycles. The van der Waals surface area contributed by atoms with Crippen molar-refractivity contribution in [2.24, 2.45) is 5.92 Å². The highest BCUT2D eigenvalue weighted by Crippen LogP contribution is 2.41. The van der Waals surface area contributed by atoms with Crippen LogP contribution in [0.3, 0.4) is 0 Å². The van der Waals surface area contributed by atoms with Gasteiger partial charge in [0.25, 0.3) is 0 Å². The first-order valence-corrected chi connectivity index (χ1v) is 8.83. The Morgan fingerprint density at radius 1 is 1.44 bits per heavy atom. The highest BCUT2D eigenvalue weighted by molar-refractivity contribution is 9.09. The number of ether oxygens (including phenoxy) is 1. The standard InChI is InChI=1S/C13H17BrO3S/c1-2-17-12-6-4-3-5-11(12)13(14)10-7-8-18(15,16)9-10/h3-6,10,13H,2,7-9H2,1H3. The molecule has 1 aliphatic rings. The average molecular weight is 333 g/mol. The summed E-state index contributed by atoms with van der Waals surface area (Å²) < 4.78 is 28.7. The van der Waals surface area contributed by atoms with E-state index in [2.05, 4.69) is 15.9 Å². The molecule has 3 nitrogen and oxygen atoms in total. The quantitative estimate of drug-likeness (QED) is 0.796. The van der Waals surface area contributed by atoms with E-state index in [1.165, 1.54) is 0 Å². The highest BCUT2D eigenvalue weighted by Gasteiger charge is 2.34. The topological polar surface area (TPSA) is 43.4 Å². The number of benzene rings is 1. The van der Waals surface area contributed by atoms with Crippen LogP contribution in [-0.2, 0) is 9.84 Å². The highest BCUT2D eigenvalue weighted by atomic mass is 79.9. The van der Waals surface area contributed by atoms with Gasteiger partial charge in [0.2, 0.25) is 0 Å². The first-order chi connectivity index (χ1) is 8.53. The summed E-state index contributed by atoms with van der Waals surface area (Å²) in [7, 11) is -2.84. The Bertz CT molecular complexity index is 513. The molecule has 2 rings (SSSR count). The summed E-state index contributed by atoms with van der Waals surface area (Å²) in [5.41, 5.74) is 1.04. The maximum Gasteiger partial charge on any atom is 0.150 e. The molecule has 1 aromatic carbocycles. The van der Waals surface area contributed by atoms with Gasteiger partial charge in [0.15, 0.2) is 9.84 Å². The van der Waals surface area contributed by atoms with Crippen molar-refractivity contribution in [2.75, 3.05) is 18.1 Å². The van der Waals surface area contributed by atoms with E-state index >= 15 is 0 Å². The molecule has 1 heterocycles. The van der Waals surface area contributed by atoms with Gasteiger partial charge in [0.1, 0.15) is 5.75 Å². The monoisotopic (exact) mass is 332 g/mol. The SMILES string of the molecule is CCOc1ccccc1C(Br)C1CCS(=O)(=O)C1. The Morgan fingerprint density at radius 3 is 2.78 bits per heavy atom. The predicted molar refractivity (Wildman–Crippen MR) is 76.0 cm³/mol. The van der Waals surface area contributed by atoms with E-state index in [9.17, 15) is 8.42 Å². The van der Waals surface area contributed by atoms with Crippen molar-refractivity contribution in [3.63, 3.8) is 0 Å². The minimum Gasteiger partial charge on any atom is -0.494 e. The Labute approximate surface area is 117 Å². The molecule has 0 N–H and O–H groups in total. The van der Waals surface area contributed by atoms with Crippen molar-refractivity contribution in [3.05, 3.63) is 29.8 Å². The lowest BCUT2D eigenvalue weighted by Gasteiger charge is -2.19. The summed E-state index contributed by atoms with van der Waals surface area (Å²) in [6, 6.07) is 7.81. The lowest BCUT2D eigenvalue weighted by atomic mass is 9.98. The van der Waals surface area contributed by atoms with E-state index in [-0.39, 0.29) is 16.5 Å². The van der Waals surface area contributed by atoms with E-state index in [0.29, 0.717) is 12.4 Å². The fourth-order valence-corrected chi connectivity index (χ4v) is 5.22. The van der Waals surface area contributed by atoms with E-state index in [4.69, 9.17) is 4.74 Å². The molecular weight excluding hydrogens is 316 g/mol. The van der Waals surface area contributed by atoms with Crippen LogP contribution in [0.4, 0.5) is 0 Å². The predicted octanol–water partition coefficient (Wildman–Crippen LogP) is 2.96. The average Bonchev–Trinajstić information content (AvgIpc) is 2.70. The molecular formula is C13H17BrO3S. The zero-order chi connectivity index (χ0) is 13.2. The van der Waals surface area contributed by atoms with Crippen molar-refractivity contribution >= 4 is 25.8 Å². The molecule has 0 amide bonds. The molecule has 0 radical (unpaired) electrons. The Morgan fingerprint density at radius 2 is 2.17 bits per heavy atom. The molecule has 18 heavy (non-hydrogen) atoms. The molecule has 5 heteroatoms. The minimum absolute atomic E-state index is 0.0394. The second-order valence-electron chi connectivity index (χ2n) is 4.54. The third-order valence-electron chi connectivity index (χ3n) is 3.20. The molecule has 1 aliphatic heterocycles. The van der Waals surface area contributed by atoms with Crippen LogP contribution in [0.25, 0.3) is 0 Å². The van der Waals surface area contributed by atoms with Crippen molar-refractivity contribution in [2.45, 2.75) is 18.2 Å². The molecule has 2 unspecified atom stereocenters. The van der Waals surface area contributed by atoms with Crippen LogP contribution in [0.15, 0.2) is 24.3 Å². The molecule has 0 spiro atoms. The summed E-state index contributed by atoms with van der Waals surface area (Å²) in [6.07, 6.45) is 0.721. The molecule has 1 saturated heterocycles. The maximum atomic E-state index is 11.5. The Hall–Kier alpha value is -0.550. The van der Waals surface area contributed by atoms with Gasteiger partial charge in [-0.3, -0.25) is 0 Å². The fourth-order valence-electron chi connectivity index (χ4n) is 2.30. The van der Waals surface area contributed by atoms with Crippen LogP contribution in [0.1, 0.15) is 23.7 Å². The molecule has 100 valence electrons. The summed E-state index contributed by atoms with van der Waals surface area (Å²) in [5.74, 6) is 1.54. The zero-order valence-electron chi connectivity index (χ0n) is 10.3. The van der Waals surface area contributed by atoms with Crippen LogP contribution in [0.5, 0.6) is 5.75 Å². The third kappa shape index (κ3) is 3.06. The summed E-state index contributed by atoms with van der Waals surface area (Å²) >= 11 is 3.64. The van der Waals surface area contributed by atoms with Crippen LogP contribution >= 0.6 is 15.9 Å². The lowest BCUT2D eigenvalue weighted by molar-refractivity contribution is 0.334. The number of sulfone groups is 1. The fraction of sp³-hybridized carbons (Fsp3) is 0.538. The van der Waals surface area contributed by atoms with Crippen molar-refractivity contribution in [3.8, 4) is 5.75 Å². The van der Waals surface area contributed by atoms with Gasteiger partial charge in [-0.05, 0) is 25.3 Å². The number of para-hydroxylation sites is 1. The molecule has 0 bridgehead atoms. The van der Waals surface area contributed by atoms with Gasteiger partial charge in [-0.2, -0.15) is 0 Å². The van der Waals surface area contributed by atoms with Gasteiger partial charge < -0.3 is 4.74 Å². The molecule has 0 saturated carbocycles.